The van der Waals surface area contributed by atoms with Gasteiger partial charge in [0.2, 0.25) is 0 Å². The highest BCUT2D eigenvalue weighted by atomic mass is 16.5. The van der Waals surface area contributed by atoms with E-state index in [1.807, 2.05) is 45.0 Å². The van der Waals surface area contributed by atoms with Gasteiger partial charge in [0.25, 0.3) is 0 Å². The largest absolute Gasteiger partial charge is 0.443 e. The summed E-state index contributed by atoms with van der Waals surface area (Å²) >= 11 is 0. The molecule has 0 atom stereocenters. The van der Waals surface area contributed by atoms with Crippen LogP contribution in [0.4, 0.5) is 5.69 Å². The quantitative estimate of drug-likeness (QED) is 0.255. The average Bonchev–Trinajstić information content (AvgIpc) is 3.27. The first-order valence-electron chi connectivity index (χ1n) is 13.3. The van der Waals surface area contributed by atoms with E-state index in [2.05, 4.69) is 58.3 Å². The molecule has 7 nitrogen and oxygen atoms in total. The van der Waals surface area contributed by atoms with E-state index in [1.54, 1.807) is 0 Å². The molecule has 206 valence electrons. The van der Waals surface area contributed by atoms with Crippen molar-refractivity contribution in [3.05, 3.63) is 88.9 Å². The molecule has 0 N–H and O–H groups in total. The number of aromatic nitrogens is 1. The molecule has 4 aromatic rings. The maximum atomic E-state index is 12.7. The van der Waals surface area contributed by atoms with Crippen molar-refractivity contribution in [3.8, 4) is 11.1 Å². The summed E-state index contributed by atoms with van der Waals surface area (Å²) in [6.45, 7) is 9.80. The molecule has 1 saturated heterocycles. The highest BCUT2D eigenvalue weighted by molar-refractivity contribution is 5.87. The summed E-state index contributed by atoms with van der Waals surface area (Å²) in [4.78, 5) is 29.8. The Balaban J connectivity index is 0.00000353. The van der Waals surface area contributed by atoms with Gasteiger partial charge >= 0.3 is 11.7 Å². The third-order valence-electron chi connectivity index (χ3n) is 7.59. The number of anilines is 1. The van der Waals surface area contributed by atoms with Crippen molar-refractivity contribution in [2.75, 3.05) is 31.1 Å². The smallest absolute Gasteiger partial charge is 0.422 e. The van der Waals surface area contributed by atoms with Crippen LogP contribution in [0.3, 0.4) is 0 Å². The van der Waals surface area contributed by atoms with Gasteiger partial charge in [0.05, 0.1) is 16.6 Å². The topological polar surface area (TPSA) is 67.9 Å². The molecule has 2 heterocycles. The molecule has 1 aliphatic heterocycles. The summed E-state index contributed by atoms with van der Waals surface area (Å²) in [7, 11) is 0. The van der Waals surface area contributed by atoms with Gasteiger partial charge in [-0.25, -0.2) is 9.36 Å². The Hall–Kier alpha value is -3.84. The standard InChI is InChI=1S/C31H35N3O4.CH4/c1-4-31(2,3)29(35)37-22-34-27-15-9-14-26(28(27)38-30(34)36)33-18-16-32(17-19-33)21-23-10-8-13-25(20-23)24-11-6-5-7-12-24;/h5-15,20H,4,16-19,21-22H2,1-3H3;1H4. The van der Waals surface area contributed by atoms with E-state index < -0.39 is 11.2 Å². The van der Waals surface area contributed by atoms with Crippen molar-refractivity contribution in [3.63, 3.8) is 0 Å². The predicted molar refractivity (Wildman–Crippen MR) is 157 cm³/mol. The number of fused-ring (bicyclic) bond motifs is 1. The lowest BCUT2D eigenvalue weighted by Crippen LogP contribution is -2.46. The number of carbonyl (C=O) groups is 1. The number of benzene rings is 3. The van der Waals surface area contributed by atoms with Gasteiger partial charge in [-0.05, 0) is 55.2 Å². The van der Waals surface area contributed by atoms with Crippen molar-refractivity contribution >= 4 is 22.8 Å². The van der Waals surface area contributed by atoms with Crippen molar-refractivity contribution in [2.45, 2.75) is 47.9 Å². The van der Waals surface area contributed by atoms with Crippen molar-refractivity contribution in [1.29, 1.82) is 0 Å². The number of ether oxygens (including phenoxy) is 1. The van der Waals surface area contributed by atoms with E-state index in [0.717, 1.165) is 38.4 Å². The van der Waals surface area contributed by atoms with E-state index in [4.69, 9.17) is 9.15 Å². The number of hydrogen-bond donors (Lipinski definition) is 0. The van der Waals surface area contributed by atoms with E-state index in [0.29, 0.717) is 17.5 Å². The van der Waals surface area contributed by atoms with Crippen LogP contribution in [0.15, 0.2) is 82.0 Å². The Bertz CT molecular complexity index is 1460. The zero-order valence-electron chi connectivity index (χ0n) is 22.4. The van der Waals surface area contributed by atoms with Crippen LogP contribution in [0, 0.1) is 5.41 Å². The molecule has 39 heavy (non-hydrogen) atoms. The van der Waals surface area contributed by atoms with Crippen molar-refractivity contribution in [1.82, 2.24) is 9.47 Å². The van der Waals surface area contributed by atoms with Crippen LogP contribution in [-0.2, 0) is 22.8 Å². The molecular weight excluding hydrogens is 490 g/mol. The molecule has 0 bridgehead atoms. The summed E-state index contributed by atoms with van der Waals surface area (Å²) in [5.74, 6) is -0.852. The molecule has 0 spiro atoms. The van der Waals surface area contributed by atoms with Gasteiger partial charge in [-0.3, -0.25) is 9.69 Å². The number of nitrogens with zero attached hydrogens (tertiary/aromatic N) is 3. The van der Waals surface area contributed by atoms with Gasteiger partial charge < -0.3 is 14.1 Å². The second-order valence-corrected chi connectivity index (χ2v) is 10.5. The van der Waals surface area contributed by atoms with Gasteiger partial charge in [-0.2, -0.15) is 0 Å². The van der Waals surface area contributed by atoms with Crippen LogP contribution in [-0.4, -0.2) is 41.6 Å². The second-order valence-electron chi connectivity index (χ2n) is 10.5. The third kappa shape index (κ3) is 6.09. The minimum absolute atomic E-state index is 0. The first-order valence-corrected chi connectivity index (χ1v) is 13.3. The van der Waals surface area contributed by atoms with Crippen LogP contribution in [0.1, 0.15) is 40.2 Å². The van der Waals surface area contributed by atoms with Crippen LogP contribution in [0.25, 0.3) is 22.2 Å². The first kappa shape index (κ1) is 28.2. The maximum Gasteiger partial charge on any atom is 0.422 e. The molecular formula is C32H39N3O4. The fraction of sp³-hybridized carbons (Fsp3) is 0.375. The lowest BCUT2D eigenvalue weighted by atomic mass is 9.91. The van der Waals surface area contributed by atoms with Gasteiger partial charge in [0.15, 0.2) is 12.3 Å². The number of oxazole rings is 1. The fourth-order valence-corrected chi connectivity index (χ4v) is 4.79. The molecule has 0 aliphatic carbocycles. The summed E-state index contributed by atoms with van der Waals surface area (Å²) in [5, 5.41) is 0. The number of rotatable bonds is 8. The van der Waals surface area contributed by atoms with E-state index in [-0.39, 0.29) is 20.1 Å². The van der Waals surface area contributed by atoms with E-state index in [9.17, 15) is 9.59 Å². The molecule has 1 aromatic heterocycles. The molecule has 7 heteroatoms. The number of piperazine rings is 1. The monoisotopic (exact) mass is 529 g/mol. The van der Waals surface area contributed by atoms with Crippen LogP contribution in [0.2, 0.25) is 0 Å². The minimum Gasteiger partial charge on any atom is -0.443 e. The Morgan fingerprint density at radius 3 is 2.33 bits per heavy atom. The fourth-order valence-electron chi connectivity index (χ4n) is 4.79. The molecule has 0 amide bonds. The minimum atomic E-state index is -0.600. The Labute approximate surface area is 230 Å². The van der Waals surface area contributed by atoms with Crippen LogP contribution in [0.5, 0.6) is 0 Å². The van der Waals surface area contributed by atoms with E-state index >= 15 is 0 Å². The normalized spacial score (nSPS) is 14.3. The zero-order valence-corrected chi connectivity index (χ0v) is 22.4. The summed E-state index contributed by atoms with van der Waals surface area (Å²) in [6.07, 6.45) is 0.654. The first-order chi connectivity index (χ1) is 18.4. The Kier molecular flexibility index (Phi) is 8.60. The SMILES string of the molecule is C.CCC(C)(C)C(=O)OCn1c(=O)oc2c(N3CCN(Cc4cccc(-c5ccccc5)c4)CC3)cccc21. The molecule has 3 aromatic carbocycles. The van der Waals surface area contributed by atoms with Gasteiger partial charge in [-0.1, -0.05) is 68.9 Å². The molecule has 1 aliphatic rings. The number of hydrogen-bond acceptors (Lipinski definition) is 6. The molecule has 0 saturated carbocycles. The highest BCUT2D eigenvalue weighted by Gasteiger charge is 2.28. The van der Waals surface area contributed by atoms with Crippen molar-refractivity contribution < 1.29 is 13.9 Å². The van der Waals surface area contributed by atoms with Gasteiger partial charge in [-0.15, -0.1) is 0 Å². The lowest BCUT2D eigenvalue weighted by molar-refractivity contribution is -0.158. The zero-order chi connectivity index (χ0) is 26.7. The average molecular weight is 530 g/mol. The predicted octanol–water partition coefficient (Wildman–Crippen LogP) is 6.16. The second kappa shape index (κ2) is 11.9. The third-order valence-corrected chi connectivity index (χ3v) is 7.59. The molecule has 1 fully saturated rings. The highest BCUT2D eigenvalue weighted by Crippen LogP contribution is 2.28. The van der Waals surface area contributed by atoms with Crippen LogP contribution >= 0.6 is 0 Å². The number of para-hydroxylation sites is 1. The van der Waals surface area contributed by atoms with Crippen molar-refractivity contribution in [2.24, 2.45) is 5.41 Å². The maximum absolute atomic E-state index is 12.7. The molecule has 0 unspecified atom stereocenters. The molecule has 0 radical (unpaired) electrons. The summed E-state index contributed by atoms with van der Waals surface area (Å²) in [5.41, 5.74) is 5.22. The molecule has 5 rings (SSSR count). The summed E-state index contributed by atoms with van der Waals surface area (Å²) in [6, 6.07) is 24.9. The van der Waals surface area contributed by atoms with E-state index in [1.165, 1.54) is 21.3 Å². The lowest BCUT2D eigenvalue weighted by Gasteiger charge is -2.36. The number of esters is 1. The van der Waals surface area contributed by atoms with Gasteiger partial charge in [0.1, 0.15) is 0 Å². The Morgan fingerprint density at radius 1 is 0.923 bits per heavy atom. The summed E-state index contributed by atoms with van der Waals surface area (Å²) < 4.78 is 12.5. The van der Waals surface area contributed by atoms with Gasteiger partial charge in [0, 0.05) is 32.7 Å². The Morgan fingerprint density at radius 2 is 1.62 bits per heavy atom. The number of carbonyl (C=O) groups excluding carboxylic acids is 1. The van der Waals surface area contributed by atoms with Crippen LogP contribution < -0.4 is 10.7 Å².